The molecular weight excluding hydrogens is 436 g/mol. The number of aliphatic carboxylic acids is 1. The normalized spacial score (nSPS) is 12.1. The number of carboxylic acids is 1. The zero-order chi connectivity index (χ0) is 24.2. The number of carbonyl (C=O) groups is 1. The minimum absolute atomic E-state index is 0.200. The third kappa shape index (κ3) is 4.48. The number of aromatic amines is 1. The number of halogens is 2. The highest BCUT2D eigenvalue weighted by Gasteiger charge is 2.18. The lowest BCUT2D eigenvalue weighted by molar-refractivity contribution is -0.131. The summed E-state index contributed by atoms with van der Waals surface area (Å²) < 4.78 is 28.1. The Bertz CT molecular complexity index is 1490. The van der Waals surface area contributed by atoms with E-state index < -0.39 is 17.7 Å². The Hall–Kier alpha value is -4.57. The quantitative estimate of drug-likeness (QED) is 0.268. The summed E-state index contributed by atoms with van der Waals surface area (Å²) in [6.07, 6.45) is 3.05. The molecule has 4 aromatic rings. The van der Waals surface area contributed by atoms with E-state index in [1.165, 1.54) is 18.2 Å². The zero-order valence-corrected chi connectivity index (χ0v) is 18.1. The van der Waals surface area contributed by atoms with Crippen LogP contribution < -0.4 is 0 Å². The summed E-state index contributed by atoms with van der Waals surface area (Å²) in [6, 6.07) is 18.6. The van der Waals surface area contributed by atoms with Crippen molar-refractivity contribution >= 4 is 34.1 Å². The van der Waals surface area contributed by atoms with Crippen molar-refractivity contribution in [1.29, 1.82) is 5.26 Å². The van der Waals surface area contributed by atoms with Gasteiger partial charge in [-0.05, 0) is 70.2 Å². The maximum absolute atomic E-state index is 14.3. The average molecular weight is 455 g/mol. The van der Waals surface area contributed by atoms with E-state index in [0.29, 0.717) is 34.0 Å². The molecule has 5 nitrogen and oxygen atoms in total. The van der Waals surface area contributed by atoms with Gasteiger partial charge >= 0.3 is 5.97 Å². The summed E-state index contributed by atoms with van der Waals surface area (Å²) in [6.45, 7) is 1.93. The fourth-order valence-electron chi connectivity index (χ4n) is 3.96. The Morgan fingerprint density at radius 1 is 1.09 bits per heavy atom. The van der Waals surface area contributed by atoms with E-state index in [1.54, 1.807) is 30.3 Å². The highest BCUT2D eigenvalue weighted by Crippen LogP contribution is 2.37. The number of benzene rings is 3. The smallest absolute Gasteiger partial charge is 0.328 e. The number of nitrogens with zero attached hydrogens (tertiary/aromatic N) is 2. The Balaban J connectivity index is 1.98. The highest BCUT2D eigenvalue weighted by atomic mass is 19.1. The van der Waals surface area contributed by atoms with Crippen LogP contribution in [-0.2, 0) is 4.79 Å². The molecule has 1 aromatic heterocycles. The summed E-state index contributed by atoms with van der Waals surface area (Å²) >= 11 is 0. The van der Waals surface area contributed by atoms with Crippen LogP contribution in [0.15, 0.2) is 66.7 Å². The second-order valence-electron chi connectivity index (χ2n) is 7.58. The van der Waals surface area contributed by atoms with Crippen molar-refractivity contribution in [1.82, 2.24) is 10.2 Å². The molecule has 34 heavy (non-hydrogen) atoms. The molecule has 7 heteroatoms. The molecule has 4 rings (SSSR count). The summed E-state index contributed by atoms with van der Waals surface area (Å²) in [5, 5.41) is 25.1. The fourth-order valence-corrected chi connectivity index (χ4v) is 3.96. The number of carboxylic acid groups (broad SMARTS) is 1. The van der Waals surface area contributed by atoms with Gasteiger partial charge in [-0.3, -0.25) is 5.10 Å². The minimum Gasteiger partial charge on any atom is -0.478 e. The van der Waals surface area contributed by atoms with Crippen LogP contribution in [0.25, 0.3) is 28.1 Å². The molecule has 0 aliphatic carbocycles. The van der Waals surface area contributed by atoms with Crippen LogP contribution >= 0.6 is 0 Å². The molecule has 0 saturated heterocycles. The van der Waals surface area contributed by atoms with E-state index in [-0.39, 0.29) is 5.56 Å². The van der Waals surface area contributed by atoms with Gasteiger partial charge < -0.3 is 5.11 Å². The molecule has 3 aromatic carbocycles. The first-order valence-corrected chi connectivity index (χ1v) is 10.5. The van der Waals surface area contributed by atoms with Gasteiger partial charge in [0.15, 0.2) is 0 Å². The van der Waals surface area contributed by atoms with Crippen LogP contribution in [0.4, 0.5) is 8.78 Å². The first kappa shape index (κ1) is 22.6. The second kappa shape index (κ2) is 9.51. The monoisotopic (exact) mass is 455 g/mol. The molecule has 0 bridgehead atoms. The van der Waals surface area contributed by atoms with Gasteiger partial charge in [0.05, 0.1) is 22.5 Å². The van der Waals surface area contributed by atoms with E-state index in [0.717, 1.165) is 22.8 Å². The van der Waals surface area contributed by atoms with Gasteiger partial charge in [-0.2, -0.15) is 9.65 Å². The number of hydrogen-bond donors (Lipinski definition) is 2. The van der Waals surface area contributed by atoms with Gasteiger partial charge in [-0.1, -0.05) is 43.3 Å². The molecule has 0 aliphatic rings. The molecule has 2 N–H and O–H groups in total. The third-order valence-corrected chi connectivity index (χ3v) is 5.51. The first-order chi connectivity index (χ1) is 16.4. The predicted molar refractivity (Wildman–Crippen MR) is 126 cm³/mol. The van der Waals surface area contributed by atoms with Crippen LogP contribution in [-0.4, -0.2) is 21.3 Å². The van der Waals surface area contributed by atoms with Crippen molar-refractivity contribution < 1.29 is 18.7 Å². The van der Waals surface area contributed by atoms with Crippen molar-refractivity contribution in [2.24, 2.45) is 0 Å². The second-order valence-corrected chi connectivity index (χ2v) is 7.58. The molecule has 168 valence electrons. The lowest BCUT2D eigenvalue weighted by Gasteiger charge is -2.17. The van der Waals surface area contributed by atoms with Crippen molar-refractivity contribution in [3.63, 3.8) is 0 Å². The summed E-state index contributed by atoms with van der Waals surface area (Å²) in [7, 11) is 0. The first-order valence-electron chi connectivity index (χ1n) is 10.5. The summed E-state index contributed by atoms with van der Waals surface area (Å²) in [4.78, 5) is 10.8. The van der Waals surface area contributed by atoms with E-state index in [2.05, 4.69) is 16.3 Å². The highest BCUT2D eigenvalue weighted by molar-refractivity contribution is 6.01. The Labute approximate surface area is 194 Å². The van der Waals surface area contributed by atoms with Crippen LogP contribution in [0, 0.1) is 23.1 Å². The Kier molecular flexibility index (Phi) is 6.33. The maximum Gasteiger partial charge on any atom is 0.328 e. The molecule has 0 unspecified atom stereocenters. The van der Waals surface area contributed by atoms with Gasteiger partial charge in [-0.15, -0.1) is 5.10 Å². The van der Waals surface area contributed by atoms with Crippen LogP contribution in [0.5, 0.6) is 0 Å². The predicted octanol–water partition coefficient (Wildman–Crippen LogP) is 6.18. The molecule has 0 atom stereocenters. The number of hydrogen-bond acceptors (Lipinski definition) is 3. The lowest BCUT2D eigenvalue weighted by atomic mass is 9.86. The molecule has 0 radical (unpaired) electrons. The van der Waals surface area contributed by atoms with E-state index in [4.69, 9.17) is 5.11 Å². The Morgan fingerprint density at radius 2 is 1.82 bits per heavy atom. The lowest BCUT2D eigenvalue weighted by Crippen LogP contribution is -1.98. The van der Waals surface area contributed by atoms with Crippen molar-refractivity contribution in [3.05, 3.63) is 106 Å². The van der Waals surface area contributed by atoms with Crippen molar-refractivity contribution in [2.45, 2.75) is 13.3 Å². The number of rotatable bonds is 6. The minimum atomic E-state index is -1.05. The maximum atomic E-state index is 14.3. The SMILES string of the molecule is CC/C(=C(/c1ccc(/C=C/C(=O)O)cc1)c1ccc2[nH]nc(F)c2c1)c1ccc(F)cc1C#N. The molecular formula is C27H19F2N3O2. The van der Waals surface area contributed by atoms with Gasteiger partial charge in [0.1, 0.15) is 5.82 Å². The number of nitriles is 1. The fraction of sp³-hybridized carbons (Fsp3) is 0.0741. The zero-order valence-electron chi connectivity index (χ0n) is 18.1. The third-order valence-electron chi connectivity index (χ3n) is 5.51. The van der Waals surface area contributed by atoms with Gasteiger partial charge in [0, 0.05) is 6.08 Å². The Morgan fingerprint density at radius 3 is 2.50 bits per heavy atom. The number of fused-ring (bicyclic) bond motifs is 1. The number of allylic oxidation sites excluding steroid dienone is 1. The van der Waals surface area contributed by atoms with E-state index >= 15 is 0 Å². The van der Waals surface area contributed by atoms with Gasteiger partial charge in [-0.25, -0.2) is 9.18 Å². The van der Waals surface area contributed by atoms with Crippen molar-refractivity contribution in [2.75, 3.05) is 0 Å². The summed E-state index contributed by atoms with van der Waals surface area (Å²) in [5.74, 6) is -2.18. The molecule has 0 fully saturated rings. The number of aromatic nitrogens is 2. The largest absolute Gasteiger partial charge is 0.478 e. The van der Waals surface area contributed by atoms with Crippen LogP contribution in [0.1, 0.15) is 41.2 Å². The molecule has 1 heterocycles. The number of nitrogens with one attached hydrogen (secondary N) is 1. The average Bonchev–Trinajstić information content (AvgIpc) is 3.21. The van der Waals surface area contributed by atoms with E-state index in [9.17, 15) is 18.8 Å². The topological polar surface area (TPSA) is 89.8 Å². The molecule has 0 spiro atoms. The summed E-state index contributed by atoms with van der Waals surface area (Å²) in [5.41, 5.74) is 5.05. The molecule has 0 amide bonds. The number of H-pyrrole nitrogens is 1. The van der Waals surface area contributed by atoms with E-state index in [1.807, 2.05) is 25.1 Å². The van der Waals surface area contributed by atoms with Crippen LogP contribution in [0.3, 0.4) is 0 Å². The van der Waals surface area contributed by atoms with Gasteiger partial charge in [0.2, 0.25) is 5.95 Å². The van der Waals surface area contributed by atoms with Crippen molar-refractivity contribution in [3.8, 4) is 6.07 Å². The molecule has 0 aliphatic heterocycles. The van der Waals surface area contributed by atoms with Crippen LogP contribution in [0.2, 0.25) is 0 Å². The standard InChI is InChI=1S/C27H19F2N3O2/c1-2-21(22-10-9-20(28)13-19(22)15-30)26(17-6-3-16(4-7-17)5-12-25(33)34)18-8-11-24-23(14-18)27(29)32-31-24/h3-14H,2H2,1H3,(H,31,32)(H,33,34)/b12-5+,26-21+. The van der Waals surface area contributed by atoms with Gasteiger partial charge in [0.25, 0.3) is 0 Å². The molecule has 0 saturated carbocycles.